The number of hydrogen-bond acceptors (Lipinski definition) is 8. The summed E-state index contributed by atoms with van der Waals surface area (Å²) >= 11 is 1.15. The summed E-state index contributed by atoms with van der Waals surface area (Å²) in [5.41, 5.74) is 1.28. The number of carbonyl (C=O) groups excluding carboxylic acids is 1. The first-order valence-electron chi connectivity index (χ1n) is 8.84. The van der Waals surface area contributed by atoms with Crippen LogP contribution in [0.4, 0.5) is 5.69 Å². The largest absolute Gasteiger partial charge is 0.497 e. The standard InChI is InChI=1S/C20H21N3O5S/c1-4-27-17-8-6-5-7-16(17)21-18(24)12-29-20-23-22-19(28-20)13-9-14(25-2)11-15(10-13)26-3/h5-11H,4,12H2,1-3H3,(H,21,24). The van der Waals surface area contributed by atoms with Crippen molar-refractivity contribution in [3.63, 3.8) is 0 Å². The topological polar surface area (TPSA) is 95.7 Å². The number of rotatable bonds is 9. The molecule has 29 heavy (non-hydrogen) atoms. The summed E-state index contributed by atoms with van der Waals surface area (Å²) in [6.45, 7) is 2.40. The van der Waals surface area contributed by atoms with Gasteiger partial charge >= 0.3 is 0 Å². The minimum Gasteiger partial charge on any atom is -0.497 e. The molecule has 2 aromatic carbocycles. The highest BCUT2D eigenvalue weighted by molar-refractivity contribution is 7.99. The van der Waals surface area contributed by atoms with E-state index in [0.29, 0.717) is 41.0 Å². The molecule has 0 radical (unpaired) electrons. The fraction of sp³-hybridized carbons (Fsp3) is 0.250. The number of hydrogen-bond donors (Lipinski definition) is 1. The van der Waals surface area contributed by atoms with Gasteiger partial charge in [-0.25, -0.2) is 0 Å². The Hall–Kier alpha value is -3.20. The van der Waals surface area contributed by atoms with E-state index in [9.17, 15) is 4.79 Å². The number of anilines is 1. The van der Waals surface area contributed by atoms with E-state index in [1.54, 1.807) is 44.6 Å². The third-order valence-electron chi connectivity index (χ3n) is 3.79. The van der Waals surface area contributed by atoms with Crippen LogP contribution >= 0.6 is 11.8 Å². The molecule has 0 atom stereocenters. The fourth-order valence-corrected chi connectivity index (χ4v) is 3.04. The predicted octanol–water partition coefficient (Wildman–Crippen LogP) is 3.88. The lowest BCUT2D eigenvalue weighted by Gasteiger charge is -2.10. The molecule has 1 N–H and O–H groups in total. The van der Waals surface area contributed by atoms with Gasteiger partial charge in [-0.15, -0.1) is 10.2 Å². The zero-order chi connectivity index (χ0) is 20.6. The molecule has 0 aliphatic heterocycles. The monoisotopic (exact) mass is 415 g/mol. The highest BCUT2D eigenvalue weighted by atomic mass is 32.2. The summed E-state index contributed by atoms with van der Waals surface area (Å²) in [7, 11) is 3.13. The molecule has 0 aliphatic rings. The first-order chi connectivity index (χ1) is 14.1. The van der Waals surface area contributed by atoms with E-state index in [-0.39, 0.29) is 16.9 Å². The molecule has 1 heterocycles. The Bertz CT molecular complexity index is 954. The molecular formula is C20H21N3O5S. The average Bonchev–Trinajstić information content (AvgIpc) is 3.22. The summed E-state index contributed by atoms with van der Waals surface area (Å²) < 4.78 is 21.7. The molecular weight excluding hydrogens is 394 g/mol. The Morgan fingerprint density at radius 2 is 1.83 bits per heavy atom. The zero-order valence-electron chi connectivity index (χ0n) is 16.3. The number of nitrogens with one attached hydrogen (secondary N) is 1. The van der Waals surface area contributed by atoms with Crippen LogP contribution in [0, 0.1) is 0 Å². The predicted molar refractivity (Wildman–Crippen MR) is 110 cm³/mol. The maximum absolute atomic E-state index is 12.3. The minimum atomic E-state index is -0.204. The molecule has 9 heteroatoms. The Kier molecular flexibility index (Phi) is 6.96. The molecule has 0 fully saturated rings. The van der Waals surface area contributed by atoms with Gasteiger partial charge in [0, 0.05) is 11.6 Å². The SMILES string of the molecule is CCOc1ccccc1NC(=O)CSc1nnc(-c2cc(OC)cc(OC)c2)o1. The number of ether oxygens (including phenoxy) is 3. The molecule has 3 aromatic rings. The van der Waals surface area contributed by atoms with Gasteiger partial charge in [0.25, 0.3) is 5.22 Å². The maximum Gasteiger partial charge on any atom is 0.277 e. The van der Waals surface area contributed by atoms with Crippen molar-refractivity contribution in [1.82, 2.24) is 10.2 Å². The van der Waals surface area contributed by atoms with Crippen molar-refractivity contribution >= 4 is 23.4 Å². The van der Waals surface area contributed by atoms with Crippen LogP contribution in [-0.2, 0) is 4.79 Å². The highest BCUT2D eigenvalue weighted by Crippen LogP contribution is 2.30. The van der Waals surface area contributed by atoms with Crippen molar-refractivity contribution in [2.24, 2.45) is 0 Å². The first-order valence-corrected chi connectivity index (χ1v) is 9.83. The van der Waals surface area contributed by atoms with E-state index < -0.39 is 0 Å². The van der Waals surface area contributed by atoms with Gasteiger partial charge in [-0.3, -0.25) is 4.79 Å². The molecule has 0 saturated carbocycles. The van der Waals surface area contributed by atoms with Crippen molar-refractivity contribution in [2.75, 3.05) is 31.9 Å². The molecule has 0 spiro atoms. The number of carbonyl (C=O) groups is 1. The third-order valence-corrected chi connectivity index (χ3v) is 4.61. The number of amides is 1. The molecule has 1 amide bonds. The summed E-state index contributed by atoms with van der Waals surface area (Å²) in [5.74, 6) is 2.07. The van der Waals surface area contributed by atoms with Gasteiger partial charge in [-0.05, 0) is 31.2 Å². The lowest BCUT2D eigenvalue weighted by Crippen LogP contribution is -2.14. The zero-order valence-corrected chi connectivity index (χ0v) is 17.1. The lowest BCUT2D eigenvalue weighted by atomic mass is 10.2. The van der Waals surface area contributed by atoms with Crippen LogP contribution < -0.4 is 19.5 Å². The molecule has 3 rings (SSSR count). The second kappa shape index (κ2) is 9.83. The van der Waals surface area contributed by atoms with Crippen molar-refractivity contribution in [3.8, 4) is 28.7 Å². The van der Waals surface area contributed by atoms with E-state index in [1.807, 2.05) is 19.1 Å². The van der Waals surface area contributed by atoms with Gasteiger partial charge in [0.15, 0.2) is 0 Å². The van der Waals surface area contributed by atoms with E-state index >= 15 is 0 Å². The van der Waals surface area contributed by atoms with Gasteiger partial charge in [-0.1, -0.05) is 23.9 Å². The molecule has 0 aliphatic carbocycles. The summed E-state index contributed by atoms with van der Waals surface area (Å²) in [4.78, 5) is 12.3. The van der Waals surface area contributed by atoms with Crippen molar-refractivity contribution in [3.05, 3.63) is 42.5 Å². The molecule has 152 valence electrons. The minimum absolute atomic E-state index is 0.115. The average molecular weight is 415 g/mol. The molecule has 0 saturated heterocycles. The van der Waals surface area contributed by atoms with Gasteiger partial charge in [0.1, 0.15) is 17.2 Å². The first kappa shape index (κ1) is 20.5. The van der Waals surface area contributed by atoms with Crippen LogP contribution in [0.2, 0.25) is 0 Å². The van der Waals surface area contributed by atoms with Crippen LogP contribution in [0.3, 0.4) is 0 Å². The van der Waals surface area contributed by atoms with Gasteiger partial charge in [0.05, 0.1) is 32.3 Å². The number of aromatic nitrogens is 2. The van der Waals surface area contributed by atoms with Gasteiger partial charge < -0.3 is 23.9 Å². The fourth-order valence-electron chi connectivity index (χ4n) is 2.48. The van der Waals surface area contributed by atoms with Gasteiger partial charge in [-0.2, -0.15) is 0 Å². The molecule has 8 nitrogen and oxygen atoms in total. The molecule has 0 bridgehead atoms. The molecule has 0 unspecified atom stereocenters. The number of methoxy groups -OCH3 is 2. The van der Waals surface area contributed by atoms with E-state index in [0.717, 1.165) is 11.8 Å². The quantitative estimate of drug-likeness (QED) is 0.526. The Morgan fingerprint density at radius 1 is 1.10 bits per heavy atom. The highest BCUT2D eigenvalue weighted by Gasteiger charge is 2.14. The molecule has 1 aromatic heterocycles. The second-order valence-electron chi connectivity index (χ2n) is 5.74. The number of nitrogens with zero attached hydrogens (tertiary/aromatic N) is 2. The van der Waals surface area contributed by atoms with Gasteiger partial charge in [0.2, 0.25) is 11.8 Å². The lowest BCUT2D eigenvalue weighted by molar-refractivity contribution is -0.113. The van der Waals surface area contributed by atoms with Crippen LogP contribution in [0.1, 0.15) is 6.92 Å². The smallest absolute Gasteiger partial charge is 0.277 e. The van der Waals surface area contributed by atoms with E-state index in [1.165, 1.54) is 0 Å². The Labute approximate surface area is 172 Å². The summed E-state index contributed by atoms with van der Waals surface area (Å²) in [6.07, 6.45) is 0. The maximum atomic E-state index is 12.3. The Morgan fingerprint density at radius 3 is 2.52 bits per heavy atom. The number of thioether (sulfide) groups is 1. The summed E-state index contributed by atoms with van der Waals surface area (Å²) in [5, 5.41) is 11.1. The summed E-state index contributed by atoms with van der Waals surface area (Å²) in [6, 6.07) is 12.6. The van der Waals surface area contributed by atoms with Crippen LogP contribution in [0.25, 0.3) is 11.5 Å². The van der Waals surface area contributed by atoms with E-state index in [2.05, 4.69) is 15.5 Å². The second-order valence-corrected chi connectivity index (χ2v) is 6.67. The van der Waals surface area contributed by atoms with Crippen molar-refractivity contribution in [2.45, 2.75) is 12.1 Å². The Balaban J connectivity index is 1.63. The number of benzene rings is 2. The number of para-hydroxylation sites is 2. The third kappa shape index (κ3) is 5.41. The van der Waals surface area contributed by atoms with Crippen LogP contribution in [0.5, 0.6) is 17.2 Å². The normalized spacial score (nSPS) is 10.4. The van der Waals surface area contributed by atoms with E-state index in [4.69, 9.17) is 18.6 Å². The van der Waals surface area contributed by atoms with Crippen LogP contribution in [-0.4, -0.2) is 42.7 Å². The van der Waals surface area contributed by atoms with Crippen molar-refractivity contribution < 1.29 is 23.4 Å². The van der Waals surface area contributed by atoms with Crippen molar-refractivity contribution in [1.29, 1.82) is 0 Å². The van der Waals surface area contributed by atoms with Crippen LogP contribution in [0.15, 0.2) is 52.1 Å².